The molecule has 0 fully saturated rings. The molecule has 0 unspecified atom stereocenters. The maximum atomic E-state index is 12.0. The second kappa shape index (κ2) is 8.94. The van der Waals surface area contributed by atoms with Gasteiger partial charge in [-0.25, -0.2) is 0 Å². The van der Waals surface area contributed by atoms with Crippen LogP contribution in [-0.2, 0) is 11.2 Å². The van der Waals surface area contributed by atoms with Gasteiger partial charge >= 0.3 is 0 Å². The number of hydrogen-bond acceptors (Lipinski definition) is 4. The Bertz CT molecular complexity index is 765. The molecule has 0 saturated heterocycles. The molecule has 0 bridgehead atoms. The minimum absolute atomic E-state index is 0.0217. The molecule has 2 amide bonds. The van der Waals surface area contributed by atoms with Crippen molar-refractivity contribution in [2.75, 3.05) is 25.5 Å². The van der Waals surface area contributed by atoms with Gasteiger partial charge in [0.1, 0.15) is 5.75 Å². The number of nitrogens with one attached hydrogen (secondary N) is 2. The van der Waals surface area contributed by atoms with Crippen molar-refractivity contribution < 1.29 is 14.3 Å². The molecule has 0 radical (unpaired) electrons. The zero-order valence-corrected chi connectivity index (χ0v) is 14.6. The van der Waals surface area contributed by atoms with E-state index in [0.29, 0.717) is 23.7 Å². The lowest BCUT2D eigenvalue weighted by Gasteiger charge is -2.11. The van der Waals surface area contributed by atoms with Crippen LogP contribution >= 0.6 is 11.6 Å². The van der Waals surface area contributed by atoms with Gasteiger partial charge in [0.25, 0.3) is 5.91 Å². The summed E-state index contributed by atoms with van der Waals surface area (Å²) in [7, 11) is 1.61. The summed E-state index contributed by atoms with van der Waals surface area (Å²) in [4.78, 5) is 23.4. The predicted octanol–water partition coefficient (Wildman–Crippen LogP) is 2.22. The third-order valence-electron chi connectivity index (χ3n) is 3.60. The van der Waals surface area contributed by atoms with E-state index < -0.39 is 5.91 Å². The van der Waals surface area contributed by atoms with Crippen molar-refractivity contribution in [2.24, 2.45) is 5.73 Å². The summed E-state index contributed by atoms with van der Waals surface area (Å²) < 4.78 is 5.27. The molecule has 132 valence electrons. The fourth-order valence-electron chi connectivity index (χ4n) is 2.36. The van der Waals surface area contributed by atoms with Gasteiger partial charge in [-0.05, 0) is 36.2 Å². The topological polar surface area (TPSA) is 93.4 Å². The first-order chi connectivity index (χ1) is 12.0. The van der Waals surface area contributed by atoms with Crippen molar-refractivity contribution in [3.05, 3.63) is 58.6 Å². The quantitative estimate of drug-likeness (QED) is 0.672. The van der Waals surface area contributed by atoms with E-state index in [9.17, 15) is 9.59 Å². The van der Waals surface area contributed by atoms with Crippen molar-refractivity contribution >= 4 is 29.1 Å². The van der Waals surface area contributed by atoms with Crippen LogP contribution in [0.1, 0.15) is 15.9 Å². The van der Waals surface area contributed by atoms with Crippen LogP contribution in [0, 0.1) is 0 Å². The maximum absolute atomic E-state index is 12.0. The summed E-state index contributed by atoms with van der Waals surface area (Å²) in [5.41, 5.74) is 7.05. The second-order valence-corrected chi connectivity index (χ2v) is 5.76. The second-order valence-electron chi connectivity index (χ2n) is 5.32. The highest BCUT2D eigenvalue weighted by Crippen LogP contribution is 2.20. The molecule has 2 rings (SSSR count). The molecular weight excluding hydrogens is 342 g/mol. The molecule has 6 nitrogen and oxygen atoms in total. The van der Waals surface area contributed by atoms with Crippen molar-refractivity contribution in [1.82, 2.24) is 5.32 Å². The highest BCUT2D eigenvalue weighted by molar-refractivity contribution is 6.31. The first-order valence-corrected chi connectivity index (χ1v) is 8.11. The molecule has 2 aromatic rings. The number of carbonyl (C=O) groups is 2. The van der Waals surface area contributed by atoms with Gasteiger partial charge in [0.15, 0.2) is 0 Å². The van der Waals surface area contributed by atoms with Crippen molar-refractivity contribution in [3.63, 3.8) is 0 Å². The minimum Gasteiger partial charge on any atom is -0.496 e. The number of anilines is 1. The molecule has 0 saturated carbocycles. The van der Waals surface area contributed by atoms with E-state index in [-0.39, 0.29) is 18.0 Å². The molecule has 0 spiro atoms. The number of benzene rings is 2. The average molecular weight is 362 g/mol. The van der Waals surface area contributed by atoms with Crippen LogP contribution in [-0.4, -0.2) is 32.0 Å². The standard InChI is InChI=1S/C18H20ClN3O3/c1-25-16-5-3-2-4-12(16)8-9-21-17(23)11-22-15-7-6-13(19)10-14(15)18(20)24/h2-7,10,22H,8-9,11H2,1H3,(H2,20,24)(H,21,23). The number of nitrogens with two attached hydrogens (primary N) is 1. The van der Waals surface area contributed by atoms with E-state index in [4.69, 9.17) is 22.1 Å². The third-order valence-corrected chi connectivity index (χ3v) is 3.83. The molecule has 0 aliphatic carbocycles. The lowest BCUT2D eigenvalue weighted by molar-refractivity contribution is -0.119. The molecule has 0 aliphatic rings. The molecule has 2 aromatic carbocycles. The van der Waals surface area contributed by atoms with E-state index in [2.05, 4.69) is 10.6 Å². The number of carbonyl (C=O) groups excluding carboxylic acids is 2. The summed E-state index contributed by atoms with van der Waals surface area (Å²) in [5.74, 6) is -0.0102. The number of amides is 2. The van der Waals surface area contributed by atoms with E-state index in [1.165, 1.54) is 6.07 Å². The van der Waals surface area contributed by atoms with Crippen LogP contribution in [0.25, 0.3) is 0 Å². The highest BCUT2D eigenvalue weighted by atomic mass is 35.5. The van der Waals surface area contributed by atoms with Crippen molar-refractivity contribution in [1.29, 1.82) is 0 Å². The first-order valence-electron chi connectivity index (χ1n) is 7.73. The Balaban J connectivity index is 1.84. The average Bonchev–Trinajstić information content (AvgIpc) is 2.61. The van der Waals surface area contributed by atoms with Crippen LogP contribution < -0.4 is 21.1 Å². The number of hydrogen-bond donors (Lipinski definition) is 3. The minimum atomic E-state index is -0.610. The fraction of sp³-hybridized carbons (Fsp3) is 0.222. The third kappa shape index (κ3) is 5.39. The van der Waals surface area contributed by atoms with E-state index in [1.54, 1.807) is 19.2 Å². The molecule has 0 heterocycles. The number of para-hydroxylation sites is 1. The van der Waals surface area contributed by atoms with Crippen molar-refractivity contribution in [3.8, 4) is 5.75 Å². The summed E-state index contributed by atoms with van der Waals surface area (Å²) in [6.07, 6.45) is 0.656. The Morgan fingerprint density at radius 2 is 1.96 bits per heavy atom. The van der Waals surface area contributed by atoms with Gasteiger partial charge in [-0.3, -0.25) is 9.59 Å². The lowest BCUT2D eigenvalue weighted by Crippen LogP contribution is -2.32. The summed E-state index contributed by atoms with van der Waals surface area (Å²) in [5, 5.41) is 6.11. The van der Waals surface area contributed by atoms with Crippen LogP contribution in [0.2, 0.25) is 5.02 Å². The lowest BCUT2D eigenvalue weighted by atomic mass is 10.1. The van der Waals surface area contributed by atoms with Gasteiger partial charge < -0.3 is 21.1 Å². The normalized spacial score (nSPS) is 10.2. The summed E-state index contributed by atoms with van der Waals surface area (Å²) >= 11 is 5.85. The maximum Gasteiger partial charge on any atom is 0.250 e. The van der Waals surface area contributed by atoms with Gasteiger partial charge in [-0.15, -0.1) is 0 Å². The highest BCUT2D eigenvalue weighted by Gasteiger charge is 2.10. The summed E-state index contributed by atoms with van der Waals surface area (Å²) in [6.45, 7) is 0.498. The SMILES string of the molecule is COc1ccccc1CCNC(=O)CNc1ccc(Cl)cc1C(N)=O. The van der Waals surface area contributed by atoms with E-state index >= 15 is 0 Å². The largest absolute Gasteiger partial charge is 0.496 e. The molecule has 0 aromatic heterocycles. The van der Waals surface area contributed by atoms with Crippen LogP contribution in [0.4, 0.5) is 5.69 Å². The van der Waals surface area contributed by atoms with E-state index in [1.807, 2.05) is 24.3 Å². The van der Waals surface area contributed by atoms with E-state index in [0.717, 1.165) is 11.3 Å². The number of halogens is 1. The predicted molar refractivity (Wildman–Crippen MR) is 98.2 cm³/mol. The zero-order valence-electron chi connectivity index (χ0n) is 13.8. The molecular formula is C18H20ClN3O3. The summed E-state index contributed by atoms with van der Waals surface area (Å²) in [6, 6.07) is 12.4. The van der Waals surface area contributed by atoms with Gasteiger partial charge in [-0.1, -0.05) is 29.8 Å². The molecule has 7 heteroatoms. The monoisotopic (exact) mass is 361 g/mol. The fourth-order valence-corrected chi connectivity index (χ4v) is 2.53. The Kier molecular flexibility index (Phi) is 6.65. The molecule has 25 heavy (non-hydrogen) atoms. The van der Waals surface area contributed by atoms with Crippen molar-refractivity contribution in [2.45, 2.75) is 6.42 Å². The smallest absolute Gasteiger partial charge is 0.250 e. The Hall–Kier alpha value is -2.73. The van der Waals surface area contributed by atoms with Crippen LogP contribution in [0.5, 0.6) is 5.75 Å². The van der Waals surface area contributed by atoms with Gasteiger partial charge in [0, 0.05) is 17.3 Å². The number of rotatable bonds is 8. The van der Waals surface area contributed by atoms with Gasteiger partial charge in [0.2, 0.25) is 5.91 Å². The Morgan fingerprint density at radius 1 is 1.20 bits per heavy atom. The molecule has 0 aliphatic heterocycles. The van der Waals surface area contributed by atoms with Crippen LogP contribution in [0.15, 0.2) is 42.5 Å². The number of methoxy groups -OCH3 is 1. The first kappa shape index (κ1) is 18.6. The number of ether oxygens (including phenoxy) is 1. The zero-order chi connectivity index (χ0) is 18.2. The molecule has 4 N–H and O–H groups in total. The van der Waals surface area contributed by atoms with Gasteiger partial charge in [0.05, 0.1) is 19.2 Å². The molecule has 0 atom stereocenters. The van der Waals surface area contributed by atoms with Crippen LogP contribution in [0.3, 0.4) is 0 Å². The van der Waals surface area contributed by atoms with Gasteiger partial charge in [-0.2, -0.15) is 0 Å². The Labute approximate surface area is 151 Å². The number of primary amides is 1. The Morgan fingerprint density at radius 3 is 2.68 bits per heavy atom.